The van der Waals surface area contributed by atoms with Crippen molar-refractivity contribution in [3.05, 3.63) is 105 Å². The monoisotopic (exact) mass is 581 g/mol. The Morgan fingerprint density at radius 1 is 1.05 bits per heavy atom. The summed E-state index contributed by atoms with van der Waals surface area (Å²) in [6, 6.07) is 22.7. The van der Waals surface area contributed by atoms with E-state index in [1.54, 1.807) is 6.07 Å². The fourth-order valence-corrected chi connectivity index (χ4v) is 5.54. The summed E-state index contributed by atoms with van der Waals surface area (Å²) >= 11 is 9.81. The molecule has 4 rings (SSSR count). The molecule has 0 spiro atoms. The number of rotatable bonds is 9. The Hall–Kier alpha value is -2.67. The van der Waals surface area contributed by atoms with Gasteiger partial charge in [0.25, 0.3) is 11.8 Å². The molecule has 1 aliphatic rings. The molecule has 0 aliphatic carbocycles. The molecule has 1 heterocycles. The number of halogens is 2. The van der Waals surface area contributed by atoms with E-state index in [0.29, 0.717) is 35.7 Å². The van der Waals surface area contributed by atoms with Gasteiger partial charge >= 0.3 is 0 Å². The van der Waals surface area contributed by atoms with Gasteiger partial charge in [-0.2, -0.15) is 0 Å². The van der Waals surface area contributed by atoms with E-state index in [2.05, 4.69) is 27.8 Å². The predicted octanol–water partition coefficient (Wildman–Crippen LogP) is 6.15. The highest BCUT2D eigenvalue weighted by molar-refractivity contribution is 9.10. The van der Waals surface area contributed by atoms with Crippen molar-refractivity contribution in [2.24, 2.45) is 0 Å². The molecule has 3 aromatic carbocycles. The Morgan fingerprint density at radius 3 is 2.41 bits per heavy atom. The first-order chi connectivity index (χ1) is 17.8. The molecule has 2 unspecified atom stereocenters. The molecule has 7 heteroatoms. The lowest BCUT2D eigenvalue weighted by atomic mass is 9.87. The van der Waals surface area contributed by atoms with Crippen molar-refractivity contribution in [2.75, 3.05) is 27.2 Å². The first-order valence-electron chi connectivity index (χ1n) is 12.6. The largest absolute Gasteiger partial charge is 0.332 e. The SMILES string of the molecule is CCC(C1Cc2cc(Cl)ccc2C(=O)N1Cc1ccccc1)N(CCN(C)C)C(=O)c1ccc(Br)cc1. The molecule has 2 atom stereocenters. The van der Waals surface area contributed by atoms with Gasteiger partial charge in [0.15, 0.2) is 0 Å². The first-order valence-corrected chi connectivity index (χ1v) is 13.8. The van der Waals surface area contributed by atoms with Crippen molar-refractivity contribution in [2.45, 2.75) is 38.4 Å². The van der Waals surface area contributed by atoms with E-state index < -0.39 is 0 Å². The predicted molar refractivity (Wildman–Crippen MR) is 153 cm³/mol. The molecule has 0 saturated heterocycles. The Balaban J connectivity index is 1.76. The van der Waals surface area contributed by atoms with E-state index in [1.165, 1.54) is 0 Å². The standard InChI is InChI=1S/C30H33BrClN3O2/c1-4-27(34(17-16-33(2)3)29(36)22-10-12-24(31)13-11-22)28-19-23-18-25(32)14-15-26(23)30(37)35(28)20-21-8-6-5-7-9-21/h5-15,18,27-28H,4,16-17,19-20H2,1-3H3. The smallest absolute Gasteiger partial charge is 0.254 e. The number of likely N-dealkylation sites (N-methyl/N-ethyl adjacent to an activating group) is 1. The second-order valence-corrected chi connectivity index (χ2v) is 11.1. The number of amides is 2. The van der Waals surface area contributed by atoms with Crippen molar-refractivity contribution in [1.29, 1.82) is 0 Å². The summed E-state index contributed by atoms with van der Waals surface area (Å²) in [4.78, 5) is 33.8. The third-order valence-electron chi connectivity index (χ3n) is 6.99. The first kappa shape index (κ1) is 27.4. The van der Waals surface area contributed by atoms with E-state index in [-0.39, 0.29) is 23.9 Å². The average Bonchev–Trinajstić information content (AvgIpc) is 2.88. The van der Waals surface area contributed by atoms with Crippen LogP contribution in [0.15, 0.2) is 77.3 Å². The van der Waals surface area contributed by atoms with Gasteiger partial charge in [-0.05, 0) is 80.5 Å². The molecule has 2 amide bonds. The maximum atomic E-state index is 13.9. The zero-order valence-corrected chi connectivity index (χ0v) is 23.9. The molecule has 0 aromatic heterocycles. The number of nitrogens with zero attached hydrogens (tertiary/aromatic N) is 3. The van der Waals surface area contributed by atoms with Crippen molar-refractivity contribution in [1.82, 2.24) is 14.7 Å². The van der Waals surface area contributed by atoms with Crippen LogP contribution in [0.3, 0.4) is 0 Å². The number of hydrogen-bond acceptors (Lipinski definition) is 3. The normalized spacial score (nSPS) is 16.0. The maximum absolute atomic E-state index is 13.9. The summed E-state index contributed by atoms with van der Waals surface area (Å²) in [5.74, 6) is -0.0425. The number of benzene rings is 3. The Morgan fingerprint density at radius 2 is 1.76 bits per heavy atom. The Labute approximate surface area is 233 Å². The van der Waals surface area contributed by atoms with Gasteiger partial charge in [-0.3, -0.25) is 9.59 Å². The molecule has 194 valence electrons. The minimum absolute atomic E-state index is 0.0196. The van der Waals surface area contributed by atoms with E-state index >= 15 is 0 Å². The van der Waals surface area contributed by atoms with E-state index in [0.717, 1.165) is 28.6 Å². The van der Waals surface area contributed by atoms with Crippen LogP contribution in [0.1, 0.15) is 45.2 Å². The zero-order valence-electron chi connectivity index (χ0n) is 21.5. The number of fused-ring (bicyclic) bond motifs is 1. The molecule has 5 nitrogen and oxygen atoms in total. The van der Waals surface area contributed by atoms with Crippen molar-refractivity contribution >= 4 is 39.3 Å². The van der Waals surface area contributed by atoms with Crippen LogP contribution in [0.2, 0.25) is 5.02 Å². The van der Waals surface area contributed by atoms with Crippen LogP contribution in [0.5, 0.6) is 0 Å². The number of hydrogen-bond donors (Lipinski definition) is 0. The molecule has 0 bridgehead atoms. The Bertz CT molecular complexity index is 1230. The maximum Gasteiger partial charge on any atom is 0.254 e. The molecule has 0 saturated carbocycles. The second-order valence-electron chi connectivity index (χ2n) is 9.78. The van der Waals surface area contributed by atoms with Gasteiger partial charge in [0.05, 0.1) is 12.1 Å². The van der Waals surface area contributed by atoms with Gasteiger partial charge in [-0.1, -0.05) is 64.8 Å². The Kier molecular flexibility index (Phi) is 9.06. The molecular formula is C30H33BrClN3O2. The highest BCUT2D eigenvalue weighted by Gasteiger charge is 2.40. The lowest BCUT2D eigenvalue weighted by molar-refractivity contribution is 0.0335. The average molecular weight is 583 g/mol. The van der Waals surface area contributed by atoms with Gasteiger partial charge in [0.1, 0.15) is 0 Å². The summed E-state index contributed by atoms with van der Waals surface area (Å²) in [6.07, 6.45) is 1.36. The molecule has 3 aromatic rings. The van der Waals surface area contributed by atoms with Gasteiger partial charge in [-0.25, -0.2) is 0 Å². The highest BCUT2D eigenvalue weighted by Crippen LogP contribution is 2.32. The molecular weight excluding hydrogens is 550 g/mol. The van der Waals surface area contributed by atoms with Crippen molar-refractivity contribution < 1.29 is 9.59 Å². The number of carbonyl (C=O) groups excluding carboxylic acids is 2. The fourth-order valence-electron chi connectivity index (χ4n) is 5.08. The van der Waals surface area contributed by atoms with Gasteiger partial charge in [0, 0.05) is 40.3 Å². The minimum Gasteiger partial charge on any atom is -0.332 e. The molecule has 0 radical (unpaired) electrons. The van der Waals surface area contributed by atoms with Crippen LogP contribution < -0.4 is 0 Å². The second kappa shape index (κ2) is 12.2. The van der Waals surface area contributed by atoms with Crippen LogP contribution in [-0.4, -0.2) is 65.8 Å². The third-order valence-corrected chi connectivity index (χ3v) is 7.75. The quantitative estimate of drug-likeness (QED) is 0.304. The molecule has 1 aliphatic heterocycles. The summed E-state index contributed by atoms with van der Waals surface area (Å²) in [5, 5.41) is 0.616. The topological polar surface area (TPSA) is 43.9 Å². The minimum atomic E-state index is -0.190. The lowest BCUT2D eigenvalue weighted by Gasteiger charge is -2.45. The zero-order chi connectivity index (χ0) is 26.5. The highest BCUT2D eigenvalue weighted by atomic mass is 79.9. The van der Waals surface area contributed by atoms with Crippen LogP contribution in [-0.2, 0) is 13.0 Å². The third kappa shape index (κ3) is 6.43. The fraction of sp³-hybridized carbons (Fsp3) is 0.333. The lowest BCUT2D eigenvalue weighted by Crippen LogP contribution is -2.58. The van der Waals surface area contributed by atoms with Crippen molar-refractivity contribution in [3.8, 4) is 0 Å². The summed E-state index contributed by atoms with van der Waals surface area (Å²) in [7, 11) is 4.01. The van der Waals surface area contributed by atoms with E-state index in [9.17, 15) is 9.59 Å². The van der Waals surface area contributed by atoms with E-state index in [4.69, 9.17) is 11.6 Å². The van der Waals surface area contributed by atoms with Crippen LogP contribution in [0, 0.1) is 0 Å². The van der Waals surface area contributed by atoms with Gasteiger partial charge < -0.3 is 14.7 Å². The van der Waals surface area contributed by atoms with Crippen LogP contribution >= 0.6 is 27.5 Å². The van der Waals surface area contributed by atoms with Crippen molar-refractivity contribution in [3.63, 3.8) is 0 Å². The number of carbonyl (C=O) groups is 2. The van der Waals surface area contributed by atoms with Crippen LogP contribution in [0.25, 0.3) is 0 Å². The summed E-state index contributed by atoms with van der Waals surface area (Å²) in [5.41, 5.74) is 3.33. The molecule has 0 N–H and O–H groups in total. The van der Waals surface area contributed by atoms with Gasteiger partial charge in [0.2, 0.25) is 0 Å². The molecule has 0 fully saturated rings. The molecule has 37 heavy (non-hydrogen) atoms. The van der Waals surface area contributed by atoms with Crippen LogP contribution in [0.4, 0.5) is 0 Å². The summed E-state index contributed by atoms with van der Waals surface area (Å²) < 4.78 is 0.927. The van der Waals surface area contributed by atoms with Gasteiger partial charge in [-0.15, -0.1) is 0 Å². The summed E-state index contributed by atoms with van der Waals surface area (Å²) in [6.45, 7) is 3.87. The van der Waals surface area contributed by atoms with E-state index in [1.807, 2.05) is 90.6 Å².